The molecule has 2 heterocycles. The van der Waals surface area contributed by atoms with Crippen molar-refractivity contribution in [2.75, 3.05) is 46.4 Å². The molecule has 0 aliphatic carbocycles. The van der Waals surface area contributed by atoms with Crippen LogP contribution < -0.4 is 0 Å². The number of hydrogen-bond acceptors (Lipinski definition) is 4. The van der Waals surface area contributed by atoms with Gasteiger partial charge in [0.2, 0.25) is 0 Å². The second-order valence-electron chi connectivity index (χ2n) is 7.88. The van der Waals surface area contributed by atoms with Crippen molar-refractivity contribution in [3.05, 3.63) is 35.9 Å². The Morgan fingerprint density at radius 3 is 2.56 bits per heavy atom. The van der Waals surface area contributed by atoms with Crippen molar-refractivity contribution in [2.45, 2.75) is 44.3 Å². The van der Waals surface area contributed by atoms with Crippen molar-refractivity contribution in [3.63, 3.8) is 0 Å². The monoisotopic (exact) mass is 346 g/mol. The van der Waals surface area contributed by atoms with Gasteiger partial charge in [0.1, 0.15) is 0 Å². The van der Waals surface area contributed by atoms with Crippen LogP contribution in [0.1, 0.15) is 43.8 Å². The van der Waals surface area contributed by atoms with Crippen molar-refractivity contribution in [3.8, 4) is 0 Å². The van der Waals surface area contributed by atoms with Gasteiger partial charge in [0.25, 0.3) is 0 Å². The average molecular weight is 347 g/mol. The molecule has 3 rings (SSSR count). The number of rotatable bonds is 7. The maximum atomic E-state index is 10.4. The molecule has 0 amide bonds. The molecule has 0 spiro atoms. The first-order chi connectivity index (χ1) is 12.2. The Bertz CT molecular complexity index is 482. The highest BCUT2D eigenvalue weighted by Gasteiger charge is 2.23. The van der Waals surface area contributed by atoms with Gasteiger partial charge in [-0.15, -0.1) is 0 Å². The lowest BCUT2D eigenvalue weighted by molar-refractivity contribution is -0.00546. The summed E-state index contributed by atoms with van der Waals surface area (Å²) in [5.41, 5.74) is 1.02. The summed E-state index contributed by atoms with van der Waals surface area (Å²) in [6.45, 7) is 6.15. The molecule has 1 N–H and O–H groups in total. The van der Waals surface area contributed by atoms with Gasteiger partial charge < -0.3 is 19.6 Å². The molecule has 2 atom stereocenters. The first-order valence-corrected chi connectivity index (χ1v) is 9.96. The van der Waals surface area contributed by atoms with E-state index < -0.39 is 0 Å². The second-order valence-corrected chi connectivity index (χ2v) is 7.88. The predicted octanol–water partition coefficient (Wildman–Crippen LogP) is 2.93. The number of piperidine rings is 1. The van der Waals surface area contributed by atoms with Crippen LogP contribution in [0.3, 0.4) is 0 Å². The van der Waals surface area contributed by atoms with Crippen LogP contribution in [0.4, 0.5) is 0 Å². The van der Waals surface area contributed by atoms with Gasteiger partial charge in [-0.1, -0.05) is 30.3 Å². The van der Waals surface area contributed by atoms with E-state index in [0.717, 1.165) is 44.3 Å². The predicted molar refractivity (Wildman–Crippen MR) is 102 cm³/mol. The summed E-state index contributed by atoms with van der Waals surface area (Å²) in [5, 5.41) is 10.4. The van der Waals surface area contributed by atoms with Crippen molar-refractivity contribution >= 4 is 0 Å². The van der Waals surface area contributed by atoms with E-state index in [1.54, 1.807) is 0 Å². The van der Waals surface area contributed by atoms with Crippen LogP contribution in [-0.4, -0.2) is 67.4 Å². The Morgan fingerprint density at radius 1 is 1.12 bits per heavy atom. The molecular formula is C21H34N2O2. The molecule has 1 aromatic carbocycles. The van der Waals surface area contributed by atoms with Crippen LogP contribution in [-0.2, 0) is 4.74 Å². The van der Waals surface area contributed by atoms with Gasteiger partial charge in [-0.05, 0) is 63.7 Å². The van der Waals surface area contributed by atoms with Gasteiger partial charge in [0.15, 0.2) is 0 Å². The van der Waals surface area contributed by atoms with Crippen molar-refractivity contribution < 1.29 is 9.84 Å². The molecule has 4 heteroatoms. The van der Waals surface area contributed by atoms with Crippen LogP contribution in [0, 0.1) is 5.92 Å². The number of likely N-dealkylation sites (tertiary alicyclic amines) is 1. The number of benzene rings is 1. The fraction of sp³-hybridized carbons (Fsp3) is 0.714. The Morgan fingerprint density at radius 2 is 1.88 bits per heavy atom. The zero-order chi connectivity index (χ0) is 17.5. The number of β-amino-alcohol motifs (C(OH)–C–C–N with tert-alkyl or cyclic N) is 1. The van der Waals surface area contributed by atoms with Crippen molar-refractivity contribution in [1.29, 1.82) is 0 Å². The van der Waals surface area contributed by atoms with E-state index in [0.29, 0.717) is 6.10 Å². The minimum absolute atomic E-state index is 0.371. The molecule has 0 unspecified atom stereocenters. The number of aliphatic hydroxyl groups is 1. The molecule has 2 fully saturated rings. The first kappa shape index (κ1) is 18.8. The summed E-state index contributed by atoms with van der Waals surface area (Å²) < 4.78 is 5.86. The summed E-state index contributed by atoms with van der Waals surface area (Å²) in [7, 11) is 2.24. The van der Waals surface area contributed by atoms with Gasteiger partial charge in [-0.2, -0.15) is 0 Å². The molecule has 2 aliphatic rings. The number of ether oxygens (including phenoxy) is 1. The highest BCUT2D eigenvalue weighted by molar-refractivity contribution is 5.17. The summed E-state index contributed by atoms with van der Waals surface area (Å²) in [6.07, 6.45) is 6.31. The number of nitrogens with zero attached hydrogens (tertiary/aromatic N) is 2. The summed E-state index contributed by atoms with van der Waals surface area (Å²) in [6, 6.07) is 10.0. The third kappa shape index (κ3) is 6.07. The summed E-state index contributed by atoms with van der Waals surface area (Å²) in [5.74, 6) is 0.777. The average Bonchev–Trinajstić information content (AvgIpc) is 2.65. The Balaban J connectivity index is 1.35. The van der Waals surface area contributed by atoms with Gasteiger partial charge in [-0.25, -0.2) is 0 Å². The third-order valence-corrected chi connectivity index (χ3v) is 5.68. The van der Waals surface area contributed by atoms with Gasteiger partial charge >= 0.3 is 0 Å². The Hall–Kier alpha value is -0.940. The largest absolute Gasteiger partial charge is 0.387 e. The third-order valence-electron chi connectivity index (χ3n) is 5.68. The standard InChI is InChI=1S/C21H34N2O2/c1-22(16-20-9-5-6-14-25-20)15-18-10-12-23(13-11-18)17-21(24)19-7-3-2-4-8-19/h2-4,7-8,18,20-21,24H,5-6,9-17H2,1H3/t20-,21+/m0/s1. The summed E-state index contributed by atoms with van der Waals surface area (Å²) >= 11 is 0. The Labute approximate surface area is 152 Å². The number of aliphatic hydroxyl groups excluding tert-OH is 1. The quantitative estimate of drug-likeness (QED) is 0.823. The lowest BCUT2D eigenvalue weighted by atomic mass is 9.95. The fourth-order valence-electron chi connectivity index (χ4n) is 4.19. The SMILES string of the molecule is CN(CC1CCN(C[C@@H](O)c2ccccc2)CC1)C[C@@H]1CCCCO1. The topological polar surface area (TPSA) is 35.9 Å². The van der Waals surface area contributed by atoms with Crippen LogP contribution in [0.2, 0.25) is 0 Å². The number of hydrogen-bond donors (Lipinski definition) is 1. The van der Waals surface area contributed by atoms with Gasteiger partial charge in [-0.3, -0.25) is 0 Å². The minimum atomic E-state index is -0.371. The van der Waals surface area contributed by atoms with Crippen LogP contribution in [0.15, 0.2) is 30.3 Å². The maximum Gasteiger partial charge on any atom is 0.0916 e. The van der Waals surface area contributed by atoms with Crippen LogP contribution >= 0.6 is 0 Å². The molecule has 25 heavy (non-hydrogen) atoms. The molecule has 2 aliphatic heterocycles. The molecule has 0 bridgehead atoms. The Kier molecular flexibility index (Phi) is 7.29. The fourth-order valence-corrected chi connectivity index (χ4v) is 4.19. The van der Waals surface area contributed by atoms with E-state index >= 15 is 0 Å². The van der Waals surface area contributed by atoms with Crippen molar-refractivity contribution in [1.82, 2.24) is 9.80 Å². The zero-order valence-corrected chi connectivity index (χ0v) is 15.6. The second kappa shape index (κ2) is 9.67. The molecule has 0 radical (unpaired) electrons. The molecule has 4 nitrogen and oxygen atoms in total. The van der Waals surface area contributed by atoms with E-state index in [9.17, 15) is 5.11 Å². The van der Waals surface area contributed by atoms with E-state index in [4.69, 9.17) is 4.74 Å². The van der Waals surface area contributed by atoms with Crippen LogP contribution in [0.25, 0.3) is 0 Å². The molecule has 140 valence electrons. The van der Waals surface area contributed by atoms with E-state index in [1.807, 2.05) is 30.3 Å². The molecule has 0 saturated carbocycles. The maximum absolute atomic E-state index is 10.4. The molecule has 2 saturated heterocycles. The van der Waals surface area contributed by atoms with E-state index in [1.165, 1.54) is 38.6 Å². The molecule has 1 aromatic rings. The number of likely N-dealkylation sites (N-methyl/N-ethyl adjacent to an activating group) is 1. The normalized spacial score (nSPS) is 24.5. The van der Waals surface area contributed by atoms with Crippen LogP contribution in [0.5, 0.6) is 0 Å². The highest BCUT2D eigenvalue weighted by Crippen LogP contribution is 2.22. The first-order valence-electron chi connectivity index (χ1n) is 9.96. The van der Waals surface area contributed by atoms with E-state index in [2.05, 4.69) is 16.8 Å². The zero-order valence-electron chi connectivity index (χ0n) is 15.6. The summed E-state index contributed by atoms with van der Waals surface area (Å²) in [4.78, 5) is 4.88. The molecular weight excluding hydrogens is 312 g/mol. The lowest BCUT2D eigenvalue weighted by Crippen LogP contribution is -2.41. The van der Waals surface area contributed by atoms with Crippen molar-refractivity contribution in [2.24, 2.45) is 5.92 Å². The van der Waals surface area contributed by atoms with Gasteiger partial charge in [0.05, 0.1) is 12.2 Å². The smallest absolute Gasteiger partial charge is 0.0916 e. The molecule has 0 aromatic heterocycles. The minimum Gasteiger partial charge on any atom is -0.387 e. The van der Waals surface area contributed by atoms with Gasteiger partial charge in [0, 0.05) is 26.2 Å². The lowest BCUT2D eigenvalue weighted by Gasteiger charge is -2.36. The highest BCUT2D eigenvalue weighted by atomic mass is 16.5. The van der Waals surface area contributed by atoms with E-state index in [-0.39, 0.29) is 6.10 Å².